The average molecular weight is 404 g/mol. The quantitative estimate of drug-likeness (QED) is 0.697. The molecule has 0 bridgehead atoms. The van der Waals surface area contributed by atoms with Gasteiger partial charge in [-0.25, -0.2) is 4.68 Å². The lowest BCUT2D eigenvalue weighted by Crippen LogP contribution is -2.56. The van der Waals surface area contributed by atoms with Crippen LogP contribution in [0.15, 0.2) is 4.52 Å². The van der Waals surface area contributed by atoms with Crippen molar-refractivity contribution in [1.82, 2.24) is 35.2 Å². The molecule has 3 heterocycles. The number of amides is 1. The van der Waals surface area contributed by atoms with Gasteiger partial charge < -0.3 is 9.42 Å². The fourth-order valence-corrected chi connectivity index (χ4v) is 4.08. The number of hydrogen-bond acceptors (Lipinski definition) is 7. The normalized spacial score (nSPS) is 20.1. The van der Waals surface area contributed by atoms with Gasteiger partial charge in [0, 0.05) is 25.2 Å². The highest BCUT2D eigenvalue weighted by atomic mass is 16.5. The maximum atomic E-state index is 13.1. The third-order valence-corrected chi connectivity index (χ3v) is 6.06. The average Bonchev–Trinajstić information content (AvgIpc) is 3.28. The maximum absolute atomic E-state index is 13.1. The summed E-state index contributed by atoms with van der Waals surface area (Å²) in [6.45, 7) is 10.2. The van der Waals surface area contributed by atoms with E-state index in [2.05, 4.69) is 39.4 Å². The number of likely N-dealkylation sites (N-methyl/N-ethyl adjacent to an activating group) is 1. The van der Waals surface area contributed by atoms with Crippen molar-refractivity contribution in [2.45, 2.75) is 65.5 Å². The lowest BCUT2D eigenvalue weighted by molar-refractivity contribution is -0.134. The SMILES string of the molecule is Cc1noc(C)c1CC(=O)N1CCCC(c2nnnn2CCC(C)C)(N(C)C)C1. The Kier molecular flexibility index (Phi) is 6.36. The first-order chi connectivity index (χ1) is 13.7. The first kappa shape index (κ1) is 21.4. The molecule has 0 N–H and O–H groups in total. The molecule has 0 spiro atoms. The molecule has 0 aromatic carbocycles. The molecule has 0 aliphatic carbocycles. The van der Waals surface area contributed by atoms with E-state index in [9.17, 15) is 4.79 Å². The Hall–Kier alpha value is -2.29. The molecule has 1 saturated heterocycles. The molecule has 2 aromatic heterocycles. The van der Waals surface area contributed by atoms with Crippen molar-refractivity contribution in [2.75, 3.05) is 27.2 Å². The summed E-state index contributed by atoms with van der Waals surface area (Å²) in [7, 11) is 4.09. The standard InChI is InChI=1S/C20H33N7O2/c1-14(2)8-11-27-19(21-23-24-27)20(25(5)6)9-7-10-26(13-20)18(28)12-17-15(3)22-29-16(17)4/h14H,7-13H2,1-6H3. The van der Waals surface area contributed by atoms with E-state index < -0.39 is 5.54 Å². The zero-order chi connectivity index (χ0) is 21.2. The number of piperidine rings is 1. The molecule has 160 valence electrons. The van der Waals surface area contributed by atoms with Gasteiger partial charge in [-0.05, 0) is 63.5 Å². The fraction of sp³-hybridized carbons (Fsp3) is 0.750. The summed E-state index contributed by atoms with van der Waals surface area (Å²) < 4.78 is 7.14. The van der Waals surface area contributed by atoms with Crippen molar-refractivity contribution >= 4 is 5.91 Å². The van der Waals surface area contributed by atoms with Gasteiger partial charge in [-0.3, -0.25) is 9.69 Å². The number of carbonyl (C=O) groups is 1. The van der Waals surface area contributed by atoms with Crippen molar-refractivity contribution < 1.29 is 9.32 Å². The van der Waals surface area contributed by atoms with Crippen LogP contribution in [0.1, 0.15) is 56.0 Å². The van der Waals surface area contributed by atoms with E-state index in [1.807, 2.05) is 37.5 Å². The van der Waals surface area contributed by atoms with Crippen LogP contribution in [-0.4, -0.2) is 68.3 Å². The molecule has 9 nitrogen and oxygen atoms in total. The smallest absolute Gasteiger partial charge is 0.227 e. The number of aryl methyl sites for hydroxylation is 3. The molecule has 2 aromatic rings. The Bertz CT molecular complexity index is 822. The number of likely N-dealkylation sites (tertiary alicyclic amines) is 1. The highest BCUT2D eigenvalue weighted by Gasteiger charge is 2.44. The number of aromatic nitrogens is 5. The molecular formula is C20H33N7O2. The molecular weight excluding hydrogens is 370 g/mol. The van der Waals surface area contributed by atoms with Crippen LogP contribution in [0, 0.1) is 19.8 Å². The maximum Gasteiger partial charge on any atom is 0.227 e. The Morgan fingerprint density at radius 2 is 2.07 bits per heavy atom. The van der Waals surface area contributed by atoms with Gasteiger partial charge in [-0.2, -0.15) is 0 Å². The molecule has 29 heavy (non-hydrogen) atoms. The van der Waals surface area contributed by atoms with E-state index >= 15 is 0 Å². The van der Waals surface area contributed by atoms with Crippen molar-refractivity contribution in [3.05, 3.63) is 22.8 Å². The Balaban J connectivity index is 1.83. The van der Waals surface area contributed by atoms with E-state index in [-0.39, 0.29) is 5.91 Å². The van der Waals surface area contributed by atoms with Gasteiger partial charge in [0.15, 0.2) is 5.82 Å². The predicted molar refractivity (Wildman–Crippen MR) is 108 cm³/mol. The van der Waals surface area contributed by atoms with Crippen LogP contribution in [0.5, 0.6) is 0 Å². The van der Waals surface area contributed by atoms with Crippen LogP contribution >= 0.6 is 0 Å². The van der Waals surface area contributed by atoms with Crippen LogP contribution in [-0.2, 0) is 23.3 Å². The van der Waals surface area contributed by atoms with Crippen LogP contribution in [0.2, 0.25) is 0 Å². The number of hydrogen-bond donors (Lipinski definition) is 0. The van der Waals surface area contributed by atoms with E-state index in [4.69, 9.17) is 4.52 Å². The van der Waals surface area contributed by atoms with E-state index in [1.54, 1.807) is 0 Å². The van der Waals surface area contributed by atoms with Gasteiger partial charge in [0.2, 0.25) is 5.91 Å². The summed E-state index contributed by atoms with van der Waals surface area (Å²) in [4.78, 5) is 17.2. The van der Waals surface area contributed by atoms with Gasteiger partial charge in [0.05, 0.1) is 12.1 Å². The number of tetrazole rings is 1. The topological polar surface area (TPSA) is 93.2 Å². The van der Waals surface area contributed by atoms with Gasteiger partial charge in [0.1, 0.15) is 11.3 Å². The summed E-state index contributed by atoms with van der Waals surface area (Å²) in [6, 6.07) is 0. The summed E-state index contributed by atoms with van der Waals surface area (Å²) in [5, 5.41) is 16.6. The molecule has 3 rings (SSSR count). The molecule has 0 saturated carbocycles. The van der Waals surface area contributed by atoms with Gasteiger partial charge >= 0.3 is 0 Å². The van der Waals surface area contributed by atoms with Gasteiger partial charge in [-0.1, -0.05) is 19.0 Å². The summed E-state index contributed by atoms with van der Waals surface area (Å²) in [5.41, 5.74) is 1.27. The Morgan fingerprint density at radius 3 is 2.69 bits per heavy atom. The van der Waals surface area contributed by atoms with Crippen LogP contribution in [0.4, 0.5) is 0 Å². The van der Waals surface area contributed by atoms with Crippen molar-refractivity contribution in [3.63, 3.8) is 0 Å². The highest BCUT2D eigenvalue weighted by molar-refractivity contribution is 5.79. The molecule has 1 aliphatic rings. The monoisotopic (exact) mass is 403 g/mol. The molecule has 9 heteroatoms. The van der Waals surface area contributed by atoms with Crippen molar-refractivity contribution in [3.8, 4) is 0 Å². The number of rotatable bonds is 7. The highest BCUT2D eigenvalue weighted by Crippen LogP contribution is 2.35. The van der Waals surface area contributed by atoms with Crippen LogP contribution in [0.25, 0.3) is 0 Å². The van der Waals surface area contributed by atoms with E-state index in [0.29, 0.717) is 24.6 Å². The van der Waals surface area contributed by atoms with Crippen LogP contribution < -0.4 is 0 Å². The molecule has 1 unspecified atom stereocenters. The number of carbonyl (C=O) groups excluding carboxylic acids is 1. The molecule has 0 radical (unpaired) electrons. The summed E-state index contributed by atoms with van der Waals surface area (Å²) in [5.74, 6) is 2.22. The lowest BCUT2D eigenvalue weighted by atomic mass is 9.86. The minimum Gasteiger partial charge on any atom is -0.361 e. The van der Waals surface area contributed by atoms with Gasteiger partial charge in [-0.15, -0.1) is 5.10 Å². The zero-order valence-electron chi connectivity index (χ0n) is 18.5. The van der Waals surface area contributed by atoms with Gasteiger partial charge in [0.25, 0.3) is 0 Å². The van der Waals surface area contributed by atoms with E-state index in [1.165, 1.54) is 0 Å². The summed E-state index contributed by atoms with van der Waals surface area (Å²) >= 11 is 0. The second-order valence-electron chi connectivity index (χ2n) is 8.73. The largest absolute Gasteiger partial charge is 0.361 e. The minimum absolute atomic E-state index is 0.0894. The second kappa shape index (κ2) is 8.61. The lowest BCUT2D eigenvalue weighted by Gasteiger charge is -2.46. The third-order valence-electron chi connectivity index (χ3n) is 6.06. The fourth-order valence-electron chi connectivity index (χ4n) is 4.08. The molecule has 1 atom stereocenters. The Labute approximate surface area is 172 Å². The molecule has 1 fully saturated rings. The number of nitrogens with zero attached hydrogens (tertiary/aromatic N) is 7. The predicted octanol–water partition coefficient (Wildman–Crippen LogP) is 1.95. The second-order valence-corrected chi connectivity index (χ2v) is 8.73. The Morgan fingerprint density at radius 1 is 1.31 bits per heavy atom. The van der Waals surface area contributed by atoms with Crippen LogP contribution in [0.3, 0.4) is 0 Å². The minimum atomic E-state index is -0.396. The first-order valence-electron chi connectivity index (χ1n) is 10.4. The zero-order valence-corrected chi connectivity index (χ0v) is 18.5. The van der Waals surface area contributed by atoms with Crippen molar-refractivity contribution in [1.29, 1.82) is 0 Å². The third kappa shape index (κ3) is 4.34. The first-order valence-corrected chi connectivity index (χ1v) is 10.4. The molecule has 1 aliphatic heterocycles. The van der Waals surface area contributed by atoms with Crippen molar-refractivity contribution in [2.24, 2.45) is 5.92 Å². The summed E-state index contributed by atoms with van der Waals surface area (Å²) in [6.07, 6.45) is 3.14. The molecule has 1 amide bonds. The van der Waals surface area contributed by atoms with E-state index in [0.717, 1.165) is 49.4 Å².